The molecule has 0 aliphatic rings. The van der Waals surface area contributed by atoms with E-state index in [0.717, 1.165) is 0 Å². The highest BCUT2D eigenvalue weighted by Crippen LogP contribution is 2.19. The van der Waals surface area contributed by atoms with Crippen molar-refractivity contribution in [3.8, 4) is 5.75 Å². The van der Waals surface area contributed by atoms with E-state index in [4.69, 9.17) is 10.3 Å². The summed E-state index contributed by atoms with van der Waals surface area (Å²) in [5, 5.41) is 13.0. The van der Waals surface area contributed by atoms with Gasteiger partial charge in [0.25, 0.3) is 0 Å². The molecule has 2 aromatic rings. The summed E-state index contributed by atoms with van der Waals surface area (Å²) in [6.45, 7) is -0.0420. The molecule has 21 heavy (non-hydrogen) atoms. The van der Waals surface area contributed by atoms with Crippen LogP contribution in [0.4, 0.5) is 0 Å². The van der Waals surface area contributed by atoms with Gasteiger partial charge in [-0.2, -0.15) is 0 Å². The van der Waals surface area contributed by atoms with Gasteiger partial charge in [-0.25, -0.2) is 4.79 Å². The Morgan fingerprint density at radius 1 is 1.19 bits per heavy atom. The molecule has 1 N–H and O–H groups in total. The summed E-state index contributed by atoms with van der Waals surface area (Å²) in [5.41, 5.74) is 9.25. The van der Waals surface area contributed by atoms with Crippen LogP contribution in [0.25, 0.3) is 10.4 Å². The van der Waals surface area contributed by atoms with Gasteiger partial charge in [0.2, 0.25) is 0 Å². The predicted octanol–water partition coefficient (Wildman–Crippen LogP) is 3.25. The average Bonchev–Trinajstić information content (AvgIpc) is 2.54. The summed E-state index contributed by atoms with van der Waals surface area (Å²) in [6.07, 6.45) is -0.875. The van der Waals surface area contributed by atoms with Crippen LogP contribution in [-0.4, -0.2) is 17.6 Å². The molecule has 0 bridgehead atoms. The van der Waals surface area contributed by atoms with Gasteiger partial charge in [-0.3, -0.25) is 0 Å². The molecular formula is C15H13N3O3. The zero-order valence-electron chi connectivity index (χ0n) is 11.1. The quantitative estimate of drug-likeness (QED) is 0.300. The Hall–Kier alpha value is -2.82. The topological polar surface area (TPSA) is 95.3 Å². The predicted molar refractivity (Wildman–Crippen MR) is 76.8 cm³/mol. The molecule has 0 aromatic heterocycles. The Morgan fingerprint density at radius 3 is 2.48 bits per heavy atom. The van der Waals surface area contributed by atoms with Crippen LogP contribution < -0.4 is 4.74 Å². The van der Waals surface area contributed by atoms with E-state index < -0.39 is 12.1 Å². The van der Waals surface area contributed by atoms with Gasteiger partial charge >= 0.3 is 5.97 Å². The minimum Gasteiger partial charge on any atom is -0.423 e. The highest BCUT2D eigenvalue weighted by Gasteiger charge is 2.09. The van der Waals surface area contributed by atoms with E-state index in [1.807, 2.05) is 6.07 Å². The van der Waals surface area contributed by atoms with Crippen molar-refractivity contribution in [2.75, 3.05) is 6.54 Å². The number of esters is 1. The van der Waals surface area contributed by atoms with Crippen molar-refractivity contribution >= 4 is 5.97 Å². The van der Waals surface area contributed by atoms with Gasteiger partial charge in [0, 0.05) is 4.91 Å². The molecule has 1 atom stereocenters. The molecule has 0 radical (unpaired) electrons. The summed E-state index contributed by atoms with van der Waals surface area (Å²) in [5.74, 6) is -0.0680. The van der Waals surface area contributed by atoms with Crippen molar-refractivity contribution in [2.45, 2.75) is 6.10 Å². The van der Waals surface area contributed by atoms with Crippen molar-refractivity contribution in [1.29, 1.82) is 0 Å². The molecule has 0 saturated heterocycles. The van der Waals surface area contributed by atoms with Gasteiger partial charge in [0.15, 0.2) is 0 Å². The molecule has 0 fully saturated rings. The number of carbonyl (C=O) groups is 1. The lowest BCUT2D eigenvalue weighted by Gasteiger charge is -2.09. The molecule has 0 aliphatic heterocycles. The van der Waals surface area contributed by atoms with E-state index in [-0.39, 0.29) is 6.54 Å². The zero-order chi connectivity index (χ0) is 15.1. The van der Waals surface area contributed by atoms with Crippen LogP contribution in [0.1, 0.15) is 22.0 Å². The number of aliphatic hydroxyl groups excluding tert-OH is 1. The largest absolute Gasteiger partial charge is 0.423 e. The lowest BCUT2D eigenvalue weighted by atomic mass is 10.1. The molecule has 0 heterocycles. The highest BCUT2D eigenvalue weighted by atomic mass is 16.5. The first-order valence-electron chi connectivity index (χ1n) is 6.27. The molecule has 0 aliphatic carbocycles. The normalized spacial score (nSPS) is 11.3. The second-order valence-electron chi connectivity index (χ2n) is 4.25. The van der Waals surface area contributed by atoms with E-state index in [1.165, 1.54) is 0 Å². The Labute approximate surface area is 121 Å². The number of carbonyl (C=O) groups excluding carboxylic acids is 1. The molecule has 0 saturated carbocycles. The average molecular weight is 283 g/mol. The number of nitrogens with zero attached hydrogens (tertiary/aromatic N) is 3. The number of hydrogen-bond acceptors (Lipinski definition) is 4. The molecule has 0 amide bonds. The van der Waals surface area contributed by atoms with Gasteiger partial charge < -0.3 is 9.84 Å². The summed E-state index contributed by atoms with van der Waals surface area (Å²) in [6, 6.07) is 15.1. The lowest BCUT2D eigenvalue weighted by molar-refractivity contribution is 0.0734. The zero-order valence-corrected chi connectivity index (χ0v) is 11.1. The fourth-order valence-corrected chi connectivity index (χ4v) is 1.72. The molecule has 106 valence electrons. The van der Waals surface area contributed by atoms with Gasteiger partial charge in [-0.1, -0.05) is 35.4 Å². The van der Waals surface area contributed by atoms with Crippen LogP contribution in [0.5, 0.6) is 5.75 Å². The summed E-state index contributed by atoms with van der Waals surface area (Å²) in [4.78, 5) is 14.4. The first-order chi connectivity index (χ1) is 10.2. The SMILES string of the molecule is [N-]=[N+]=NC[C@H](O)c1ccc(OC(=O)c2ccccc2)cc1. The van der Waals surface area contributed by atoms with E-state index >= 15 is 0 Å². The Morgan fingerprint density at radius 2 is 1.86 bits per heavy atom. The molecule has 6 nitrogen and oxygen atoms in total. The molecule has 0 unspecified atom stereocenters. The number of ether oxygens (including phenoxy) is 1. The minimum absolute atomic E-state index is 0.0420. The minimum atomic E-state index is -0.875. The molecular weight excluding hydrogens is 270 g/mol. The van der Waals surface area contributed by atoms with Crippen LogP contribution in [0, 0.1) is 0 Å². The fraction of sp³-hybridized carbons (Fsp3) is 0.133. The first-order valence-corrected chi connectivity index (χ1v) is 6.27. The Kier molecular flexibility index (Phi) is 4.93. The summed E-state index contributed by atoms with van der Waals surface area (Å²) in [7, 11) is 0. The van der Waals surface area contributed by atoms with E-state index in [0.29, 0.717) is 16.9 Å². The molecule has 6 heteroatoms. The summed E-state index contributed by atoms with van der Waals surface area (Å²) < 4.78 is 5.21. The van der Waals surface area contributed by atoms with Crippen LogP contribution in [0.15, 0.2) is 59.7 Å². The van der Waals surface area contributed by atoms with Crippen molar-refractivity contribution in [1.82, 2.24) is 0 Å². The molecule has 2 aromatic carbocycles. The van der Waals surface area contributed by atoms with Crippen molar-refractivity contribution in [3.05, 3.63) is 76.2 Å². The smallest absolute Gasteiger partial charge is 0.343 e. The Bertz CT molecular complexity index is 650. The van der Waals surface area contributed by atoms with Gasteiger partial charge in [-0.15, -0.1) is 0 Å². The van der Waals surface area contributed by atoms with Gasteiger partial charge in [-0.05, 0) is 35.4 Å². The second-order valence-corrected chi connectivity index (χ2v) is 4.25. The maximum Gasteiger partial charge on any atom is 0.343 e. The van der Waals surface area contributed by atoms with E-state index in [9.17, 15) is 9.90 Å². The van der Waals surface area contributed by atoms with Gasteiger partial charge in [0.05, 0.1) is 18.2 Å². The van der Waals surface area contributed by atoms with Crippen LogP contribution >= 0.6 is 0 Å². The summed E-state index contributed by atoms with van der Waals surface area (Å²) >= 11 is 0. The van der Waals surface area contributed by atoms with Crippen molar-refractivity contribution in [3.63, 3.8) is 0 Å². The number of azide groups is 1. The number of benzene rings is 2. The third kappa shape index (κ3) is 4.07. The lowest BCUT2D eigenvalue weighted by Crippen LogP contribution is -2.08. The molecule has 0 spiro atoms. The van der Waals surface area contributed by atoms with E-state index in [1.54, 1.807) is 48.5 Å². The standard InChI is InChI=1S/C15H13N3O3/c16-18-17-10-14(19)11-6-8-13(9-7-11)21-15(20)12-4-2-1-3-5-12/h1-9,14,19H,10H2/t14-/m0/s1. The number of hydrogen-bond donors (Lipinski definition) is 1. The monoisotopic (exact) mass is 283 g/mol. The van der Waals surface area contributed by atoms with Crippen molar-refractivity contribution in [2.24, 2.45) is 5.11 Å². The fourth-order valence-electron chi connectivity index (χ4n) is 1.72. The first kappa shape index (κ1) is 14.6. The maximum absolute atomic E-state index is 11.8. The maximum atomic E-state index is 11.8. The van der Waals surface area contributed by atoms with Gasteiger partial charge in [0.1, 0.15) is 5.75 Å². The Balaban J connectivity index is 2.02. The van der Waals surface area contributed by atoms with Crippen LogP contribution in [-0.2, 0) is 0 Å². The second kappa shape index (κ2) is 7.09. The highest BCUT2D eigenvalue weighted by molar-refractivity contribution is 5.90. The van der Waals surface area contributed by atoms with Crippen molar-refractivity contribution < 1.29 is 14.6 Å². The third-order valence-corrected chi connectivity index (χ3v) is 2.80. The van der Waals surface area contributed by atoms with Crippen LogP contribution in [0.3, 0.4) is 0 Å². The third-order valence-electron chi connectivity index (χ3n) is 2.80. The van der Waals surface area contributed by atoms with Crippen LogP contribution in [0.2, 0.25) is 0 Å². The number of rotatable bonds is 5. The molecule has 2 rings (SSSR count). The number of aliphatic hydroxyl groups is 1. The van der Waals surface area contributed by atoms with E-state index in [2.05, 4.69) is 10.0 Å².